The molecule has 1 N–H and O–H groups in total. The SMILES string of the molecule is CC(C)=C(C)CCCCO. The van der Waals surface area contributed by atoms with Gasteiger partial charge in [0.2, 0.25) is 0 Å². The Balaban J connectivity index is 3.40. The predicted octanol–water partition coefficient (Wildman–Crippen LogP) is 2.51. The smallest absolute Gasteiger partial charge is 0.0431 e. The molecular formula is C9H18O. The molecule has 0 aliphatic rings. The highest BCUT2D eigenvalue weighted by molar-refractivity contribution is 5.06. The zero-order valence-electron chi connectivity index (χ0n) is 7.28. The molecule has 0 saturated carbocycles. The van der Waals surface area contributed by atoms with Crippen LogP contribution >= 0.6 is 0 Å². The second-order valence-corrected chi connectivity index (χ2v) is 2.96. The molecule has 0 aromatic carbocycles. The highest BCUT2D eigenvalue weighted by atomic mass is 16.2. The van der Waals surface area contributed by atoms with E-state index in [0.29, 0.717) is 6.61 Å². The fourth-order valence-corrected chi connectivity index (χ4v) is 0.752. The topological polar surface area (TPSA) is 20.2 Å². The van der Waals surface area contributed by atoms with Gasteiger partial charge in [0.15, 0.2) is 0 Å². The summed E-state index contributed by atoms with van der Waals surface area (Å²) in [5, 5.41) is 8.50. The standard InChI is InChI=1S/C9H18O/c1-8(2)9(3)6-4-5-7-10/h10H,4-7H2,1-3H3. The van der Waals surface area contributed by atoms with Gasteiger partial charge in [-0.1, -0.05) is 11.1 Å². The second kappa shape index (κ2) is 5.48. The molecule has 1 heteroatoms. The summed E-state index contributed by atoms with van der Waals surface area (Å²) in [5.41, 5.74) is 2.88. The molecule has 0 spiro atoms. The van der Waals surface area contributed by atoms with E-state index < -0.39 is 0 Å². The van der Waals surface area contributed by atoms with Gasteiger partial charge in [0.1, 0.15) is 0 Å². The van der Waals surface area contributed by atoms with Gasteiger partial charge in [-0.05, 0) is 40.0 Å². The molecule has 0 aromatic rings. The first kappa shape index (κ1) is 9.70. The lowest BCUT2D eigenvalue weighted by molar-refractivity contribution is 0.284. The largest absolute Gasteiger partial charge is 0.396 e. The van der Waals surface area contributed by atoms with Crippen molar-refractivity contribution in [1.82, 2.24) is 0 Å². The highest BCUT2D eigenvalue weighted by Crippen LogP contribution is 2.10. The average Bonchev–Trinajstić information content (AvgIpc) is 1.88. The van der Waals surface area contributed by atoms with Crippen molar-refractivity contribution in [3.63, 3.8) is 0 Å². The Bertz CT molecular complexity index is 110. The van der Waals surface area contributed by atoms with E-state index in [4.69, 9.17) is 5.11 Å². The van der Waals surface area contributed by atoms with Crippen LogP contribution in [0.4, 0.5) is 0 Å². The van der Waals surface area contributed by atoms with Gasteiger partial charge in [-0.2, -0.15) is 0 Å². The van der Waals surface area contributed by atoms with E-state index in [2.05, 4.69) is 20.8 Å². The monoisotopic (exact) mass is 142 g/mol. The highest BCUT2D eigenvalue weighted by Gasteiger charge is 1.91. The van der Waals surface area contributed by atoms with Gasteiger partial charge in [0, 0.05) is 6.61 Å². The van der Waals surface area contributed by atoms with E-state index in [1.54, 1.807) is 0 Å². The van der Waals surface area contributed by atoms with E-state index in [-0.39, 0.29) is 0 Å². The molecular weight excluding hydrogens is 124 g/mol. The minimum atomic E-state index is 0.329. The first-order chi connectivity index (χ1) is 4.68. The van der Waals surface area contributed by atoms with E-state index in [0.717, 1.165) is 19.3 Å². The quantitative estimate of drug-likeness (QED) is 0.472. The van der Waals surface area contributed by atoms with Crippen molar-refractivity contribution in [2.75, 3.05) is 6.61 Å². The maximum atomic E-state index is 8.50. The molecule has 0 fully saturated rings. The molecule has 60 valence electrons. The first-order valence-electron chi connectivity index (χ1n) is 3.92. The van der Waals surface area contributed by atoms with E-state index in [9.17, 15) is 0 Å². The van der Waals surface area contributed by atoms with Gasteiger partial charge in [-0.25, -0.2) is 0 Å². The van der Waals surface area contributed by atoms with Crippen LogP contribution in [0.15, 0.2) is 11.1 Å². The van der Waals surface area contributed by atoms with Crippen LogP contribution in [0.5, 0.6) is 0 Å². The summed E-state index contributed by atoms with van der Waals surface area (Å²) in [6, 6.07) is 0. The van der Waals surface area contributed by atoms with Gasteiger partial charge in [0.25, 0.3) is 0 Å². The zero-order chi connectivity index (χ0) is 7.98. The van der Waals surface area contributed by atoms with Crippen LogP contribution in [-0.4, -0.2) is 11.7 Å². The Labute approximate surface area is 63.8 Å². The Morgan fingerprint density at radius 3 is 2.10 bits per heavy atom. The molecule has 0 rings (SSSR count). The number of unbranched alkanes of at least 4 members (excludes halogenated alkanes) is 1. The lowest BCUT2D eigenvalue weighted by Gasteiger charge is -2.01. The van der Waals surface area contributed by atoms with Gasteiger partial charge in [0.05, 0.1) is 0 Å². The molecule has 0 aliphatic carbocycles. The van der Waals surface area contributed by atoms with Gasteiger partial charge in [-0.15, -0.1) is 0 Å². The van der Waals surface area contributed by atoms with Crippen molar-refractivity contribution in [3.8, 4) is 0 Å². The molecule has 0 bridgehead atoms. The minimum absolute atomic E-state index is 0.329. The van der Waals surface area contributed by atoms with E-state index in [1.165, 1.54) is 11.1 Å². The third-order valence-corrected chi connectivity index (χ3v) is 1.81. The summed E-state index contributed by atoms with van der Waals surface area (Å²) < 4.78 is 0. The maximum Gasteiger partial charge on any atom is 0.0431 e. The molecule has 0 radical (unpaired) electrons. The molecule has 0 aromatic heterocycles. The normalized spacial score (nSPS) is 9.60. The van der Waals surface area contributed by atoms with E-state index in [1.807, 2.05) is 0 Å². The molecule has 0 aliphatic heterocycles. The number of hydrogen-bond acceptors (Lipinski definition) is 1. The van der Waals surface area contributed by atoms with Crippen LogP contribution in [-0.2, 0) is 0 Å². The number of aliphatic hydroxyl groups is 1. The summed E-state index contributed by atoms with van der Waals surface area (Å²) in [5.74, 6) is 0. The van der Waals surface area contributed by atoms with Crippen molar-refractivity contribution < 1.29 is 5.11 Å². The van der Waals surface area contributed by atoms with Crippen LogP contribution in [0.25, 0.3) is 0 Å². The third kappa shape index (κ3) is 4.57. The van der Waals surface area contributed by atoms with Crippen LogP contribution in [0.2, 0.25) is 0 Å². The van der Waals surface area contributed by atoms with E-state index >= 15 is 0 Å². The second-order valence-electron chi connectivity index (χ2n) is 2.96. The van der Waals surface area contributed by atoms with Gasteiger partial charge >= 0.3 is 0 Å². The summed E-state index contributed by atoms with van der Waals surface area (Å²) in [6.45, 7) is 6.76. The summed E-state index contributed by atoms with van der Waals surface area (Å²) >= 11 is 0. The summed E-state index contributed by atoms with van der Waals surface area (Å²) in [7, 11) is 0. The Morgan fingerprint density at radius 1 is 1.10 bits per heavy atom. The summed E-state index contributed by atoms with van der Waals surface area (Å²) in [6.07, 6.45) is 3.20. The van der Waals surface area contributed by atoms with Crippen molar-refractivity contribution in [2.24, 2.45) is 0 Å². The first-order valence-corrected chi connectivity index (χ1v) is 3.92. The van der Waals surface area contributed by atoms with Crippen molar-refractivity contribution in [2.45, 2.75) is 40.0 Å². The van der Waals surface area contributed by atoms with Crippen molar-refractivity contribution in [1.29, 1.82) is 0 Å². The van der Waals surface area contributed by atoms with Crippen LogP contribution < -0.4 is 0 Å². The maximum absolute atomic E-state index is 8.50. The summed E-state index contributed by atoms with van der Waals surface area (Å²) in [4.78, 5) is 0. The average molecular weight is 142 g/mol. The fourth-order valence-electron chi connectivity index (χ4n) is 0.752. The molecule has 1 nitrogen and oxygen atoms in total. The van der Waals surface area contributed by atoms with Gasteiger partial charge in [-0.3, -0.25) is 0 Å². The fraction of sp³-hybridized carbons (Fsp3) is 0.778. The zero-order valence-corrected chi connectivity index (χ0v) is 7.28. The lowest BCUT2D eigenvalue weighted by Crippen LogP contribution is -1.85. The lowest BCUT2D eigenvalue weighted by atomic mass is 10.1. The predicted molar refractivity (Wildman–Crippen MR) is 45.0 cm³/mol. The number of aliphatic hydroxyl groups excluding tert-OH is 1. The molecule has 0 heterocycles. The van der Waals surface area contributed by atoms with Crippen molar-refractivity contribution in [3.05, 3.63) is 11.1 Å². The molecule has 10 heavy (non-hydrogen) atoms. The number of rotatable bonds is 4. The Kier molecular flexibility index (Phi) is 5.32. The molecule has 0 atom stereocenters. The van der Waals surface area contributed by atoms with Crippen molar-refractivity contribution >= 4 is 0 Å². The minimum Gasteiger partial charge on any atom is -0.396 e. The van der Waals surface area contributed by atoms with Crippen LogP contribution in [0, 0.1) is 0 Å². The van der Waals surface area contributed by atoms with Gasteiger partial charge < -0.3 is 5.11 Å². The number of allylic oxidation sites excluding steroid dienone is 2. The Hall–Kier alpha value is -0.300. The van der Waals surface area contributed by atoms with Crippen LogP contribution in [0.3, 0.4) is 0 Å². The third-order valence-electron chi connectivity index (χ3n) is 1.81. The molecule has 0 unspecified atom stereocenters. The molecule has 0 amide bonds. The Morgan fingerprint density at radius 2 is 1.70 bits per heavy atom. The number of hydrogen-bond donors (Lipinski definition) is 1. The van der Waals surface area contributed by atoms with Crippen LogP contribution in [0.1, 0.15) is 40.0 Å². The molecule has 0 saturated heterocycles.